The lowest BCUT2D eigenvalue weighted by atomic mass is 10.1. The zero-order chi connectivity index (χ0) is 27.1. The number of aromatic nitrogens is 3. The Balaban J connectivity index is 1.45. The Bertz CT molecular complexity index is 1310. The Morgan fingerprint density at radius 2 is 1.82 bits per heavy atom. The van der Waals surface area contributed by atoms with Crippen LogP contribution < -0.4 is 10.2 Å². The molecule has 3 aromatic rings. The van der Waals surface area contributed by atoms with Crippen molar-refractivity contribution in [3.05, 3.63) is 42.1 Å². The van der Waals surface area contributed by atoms with Crippen molar-refractivity contribution in [1.29, 1.82) is 0 Å². The highest BCUT2D eigenvalue weighted by molar-refractivity contribution is 7.19. The summed E-state index contributed by atoms with van der Waals surface area (Å²) in [4.78, 5) is 30.6. The van der Waals surface area contributed by atoms with Gasteiger partial charge in [-0.25, -0.2) is 19.7 Å². The third kappa shape index (κ3) is 6.17. The molecule has 0 radical (unpaired) electrons. The van der Waals surface area contributed by atoms with Crippen LogP contribution in [0.5, 0.6) is 0 Å². The van der Waals surface area contributed by atoms with Gasteiger partial charge in [-0.1, -0.05) is 23.5 Å². The van der Waals surface area contributed by atoms with Crippen LogP contribution in [0, 0.1) is 0 Å². The lowest BCUT2D eigenvalue weighted by Gasteiger charge is -2.35. The van der Waals surface area contributed by atoms with Crippen LogP contribution >= 0.6 is 11.3 Å². The second-order valence-corrected chi connectivity index (χ2v) is 11.4. The molecule has 2 aliphatic rings. The maximum absolute atomic E-state index is 13.5. The van der Waals surface area contributed by atoms with Gasteiger partial charge in [0.05, 0.1) is 21.8 Å². The molecule has 1 amide bonds. The second kappa shape index (κ2) is 10.0. The van der Waals surface area contributed by atoms with Crippen molar-refractivity contribution in [3.63, 3.8) is 0 Å². The number of nitrogens with zero attached hydrogens (tertiary/aromatic N) is 5. The number of rotatable bonds is 5. The summed E-state index contributed by atoms with van der Waals surface area (Å²) in [5.74, 6) is 0.487. The minimum Gasteiger partial charge on any atom is -0.444 e. The van der Waals surface area contributed by atoms with E-state index < -0.39 is 17.3 Å². The fourth-order valence-electron chi connectivity index (χ4n) is 4.03. The van der Waals surface area contributed by atoms with E-state index in [1.165, 1.54) is 17.4 Å². The number of hydrogen-bond donors (Lipinski definition) is 1. The van der Waals surface area contributed by atoms with E-state index >= 15 is 0 Å². The summed E-state index contributed by atoms with van der Waals surface area (Å²) in [6.07, 6.45) is -1.07. The van der Waals surface area contributed by atoms with Crippen molar-refractivity contribution in [2.45, 2.75) is 51.4 Å². The molecule has 3 heterocycles. The SMILES string of the molecule is CC(C)(C)OC(=O)N1CCN(c2nc(-c3cccc(C(F)(F)F)c3)c(-c3ccnc(NC4CC4)n3)s2)CC1. The molecule has 2 aromatic heterocycles. The van der Waals surface area contributed by atoms with Crippen molar-refractivity contribution >= 4 is 28.5 Å². The number of thiazole rings is 1. The number of ether oxygens (including phenoxy) is 1. The summed E-state index contributed by atoms with van der Waals surface area (Å²) < 4.78 is 46.0. The molecular weight excluding hydrogens is 517 g/mol. The van der Waals surface area contributed by atoms with E-state index in [1.807, 2.05) is 25.7 Å². The van der Waals surface area contributed by atoms with E-state index in [9.17, 15) is 18.0 Å². The smallest absolute Gasteiger partial charge is 0.416 e. The largest absolute Gasteiger partial charge is 0.444 e. The van der Waals surface area contributed by atoms with E-state index in [-0.39, 0.29) is 6.09 Å². The Morgan fingerprint density at radius 1 is 1.08 bits per heavy atom. The van der Waals surface area contributed by atoms with Crippen LogP contribution in [-0.2, 0) is 10.9 Å². The zero-order valence-electron chi connectivity index (χ0n) is 21.4. The van der Waals surface area contributed by atoms with Crippen LogP contribution in [-0.4, -0.2) is 63.8 Å². The van der Waals surface area contributed by atoms with Crippen molar-refractivity contribution in [2.75, 3.05) is 36.4 Å². The third-order valence-electron chi connectivity index (χ3n) is 6.08. The number of benzene rings is 1. The molecule has 12 heteroatoms. The zero-order valence-corrected chi connectivity index (χ0v) is 22.2. The number of hydrogen-bond acceptors (Lipinski definition) is 8. The lowest BCUT2D eigenvalue weighted by molar-refractivity contribution is -0.137. The maximum Gasteiger partial charge on any atom is 0.416 e. The fraction of sp³-hybridized carbons (Fsp3) is 0.462. The van der Waals surface area contributed by atoms with Crippen molar-refractivity contribution in [2.24, 2.45) is 0 Å². The second-order valence-electron chi connectivity index (χ2n) is 10.4. The van der Waals surface area contributed by atoms with Crippen molar-refractivity contribution in [1.82, 2.24) is 19.9 Å². The Labute approximate surface area is 222 Å². The topological polar surface area (TPSA) is 83.5 Å². The van der Waals surface area contributed by atoms with Gasteiger partial charge in [-0.3, -0.25) is 0 Å². The average Bonchev–Trinajstić information content (AvgIpc) is 3.56. The van der Waals surface area contributed by atoms with Gasteiger partial charge in [0, 0.05) is 44.0 Å². The molecule has 5 rings (SSSR count). The van der Waals surface area contributed by atoms with Gasteiger partial charge in [0.25, 0.3) is 0 Å². The number of carbonyl (C=O) groups excluding carboxylic acids is 1. The van der Waals surface area contributed by atoms with Gasteiger partial charge < -0.3 is 19.9 Å². The molecule has 1 saturated carbocycles. The Hall–Kier alpha value is -3.41. The van der Waals surface area contributed by atoms with Crippen LogP contribution in [0.3, 0.4) is 0 Å². The van der Waals surface area contributed by atoms with Gasteiger partial charge in [-0.05, 0) is 51.8 Å². The number of halogens is 3. The molecule has 1 aliphatic carbocycles. The van der Waals surface area contributed by atoms with Gasteiger partial charge in [0.15, 0.2) is 5.13 Å². The summed E-state index contributed by atoms with van der Waals surface area (Å²) in [6.45, 7) is 7.42. The first-order valence-corrected chi connectivity index (χ1v) is 13.3. The summed E-state index contributed by atoms with van der Waals surface area (Å²) in [6, 6.07) is 7.28. The number of piperazine rings is 1. The average molecular weight is 547 g/mol. The van der Waals surface area contributed by atoms with E-state index in [0.717, 1.165) is 25.0 Å². The first-order valence-electron chi connectivity index (χ1n) is 12.5. The van der Waals surface area contributed by atoms with Crippen LogP contribution in [0.25, 0.3) is 21.8 Å². The molecular formula is C26H29F3N6O2S. The number of amides is 1. The van der Waals surface area contributed by atoms with Crippen LogP contribution in [0.1, 0.15) is 39.2 Å². The molecule has 0 bridgehead atoms. The molecule has 0 atom stereocenters. The lowest BCUT2D eigenvalue weighted by Crippen LogP contribution is -2.50. The highest BCUT2D eigenvalue weighted by Crippen LogP contribution is 2.41. The van der Waals surface area contributed by atoms with Crippen LogP contribution in [0.15, 0.2) is 36.5 Å². The van der Waals surface area contributed by atoms with Gasteiger partial charge in [0.2, 0.25) is 5.95 Å². The molecule has 38 heavy (non-hydrogen) atoms. The summed E-state index contributed by atoms with van der Waals surface area (Å²) in [7, 11) is 0. The van der Waals surface area contributed by atoms with Gasteiger partial charge in [-0.15, -0.1) is 0 Å². The molecule has 1 aliphatic heterocycles. The van der Waals surface area contributed by atoms with Crippen LogP contribution in [0.4, 0.5) is 29.0 Å². The number of carbonyl (C=O) groups is 1. The molecule has 1 aromatic carbocycles. The summed E-state index contributed by atoms with van der Waals surface area (Å²) in [5.41, 5.74) is 0.0667. The number of anilines is 2. The molecule has 0 unspecified atom stereocenters. The van der Waals surface area contributed by atoms with Crippen molar-refractivity contribution in [3.8, 4) is 21.8 Å². The van der Waals surface area contributed by atoms with Gasteiger partial charge >= 0.3 is 12.3 Å². The number of alkyl halides is 3. The van der Waals surface area contributed by atoms with E-state index in [1.54, 1.807) is 23.2 Å². The molecule has 0 spiro atoms. The number of nitrogens with one attached hydrogen (secondary N) is 1. The minimum atomic E-state index is -4.47. The summed E-state index contributed by atoms with van der Waals surface area (Å²) in [5, 5.41) is 3.93. The summed E-state index contributed by atoms with van der Waals surface area (Å²) >= 11 is 1.37. The first-order chi connectivity index (χ1) is 18.0. The molecule has 202 valence electrons. The Kier molecular flexibility index (Phi) is 6.93. The van der Waals surface area contributed by atoms with Crippen molar-refractivity contribution < 1.29 is 22.7 Å². The first kappa shape index (κ1) is 26.2. The maximum atomic E-state index is 13.5. The van der Waals surface area contributed by atoms with E-state index in [4.69, 9.17) is 9.72 Å². The molecule has 2 fully saturated rings. The van der Waals surface area contributed by atoms with E-state index in [0.29, 0.717) is 65.1 Å². The normalized spacial score (nSPS) is 16.5. The predicted octanol–water partition coefficient (Wildman–Crippen LogP) is 5.92. The van der Waals surface area contributed by atoms with Gasteiger partial charge in [-0.2, -0.15) is 13.2 Å². The monoisotopic (exact) mass is 546 g/mol. The quantitative estimate of drug-likeness (QED) is 0.426. The Morgan fingerprint density at radius 3 is 2.47 bits per heavy atom. The fourth-order valence-corrected chi connectivity index (χ4v) is 5.14. The van der Waals surface area contributed by atoms with E-state index in [2.05, 4.69) is 15.3 Å². The highest BCUT2D eigenvalue weighted by atomic mass is 32.1. The molecule has 1 saturated heterocycles. The van der Waals surface area contributed by atoms with Crippen LogP contribution in [0.2, 0.25) is 0 Å². The minimum absolute atomic E-state index is 0.353. The molecule has 1 N–H and O–H groups in total. The highest BCUT2D eigenvalue weighted by Gasteiger charge is 2.32. The molecule has 8 nitrogen and oxygen atoms in total. The standard InChI is InChI=1S/C26H29F3N6O2S/c1-25(2,3)37-24(36)35-13-11-34(12-14-35)23-33-20(16-5-4-6-17(15-16)26(27,28)29)21(38-23)19-9-10-30-22(32-19)31-18-7-8-18/h4-6,9-10,15,18H,7-8,11-14H2,1-3H3,(H,30,31,32). The van der Waals surface area contributed by atoms with Gasteiger partial charge in [0.1, 0.15) is 5.60 Å². The predicted molar refractivity (Wildman–Crippen MR) is 140 cm³/mol. The third-order valence-corrected chi connectivity index (χ3v) is 7.22.